The molecule has 0 radical (unpaired) electrons. The second kappa shape index (κ2) is 10.5. The minimum atomic E-state index is -0.670. The van der Waals surface area contributed by atoms with Gasteiger partial charge in [-0.25, -0.2) is 5.43 Å². The number of non-ortho nitro benzene ring substituents is 1. The summed E-state index contributed by atoms with van der Waals surface area (Å²) >= 11 is 0. The summed E-state index contributed by atoms with van der Waals surface area (Å²) < 4.78 is 10.7. The van der Waals surface area contributed by atoms with Crippen molar-refractivity contribution in [2.75, 3.05) is 13.7 Å². The number of hydrogen-bond acceptors (Lipinski definition) is 8. The molecule has 2 aromatic rings. The van der Waals surface area contributed by atoms with Gasteiger partial charge in [0.25, 0.3) is 11.6 Å². The first-order chi connectivity index (χ1) is 14.4. The molecule has 0 fully saturated rings. The molecule has 0 aliphatic rings. The molecule has 0 saturated carbocycles. The molecule has 0 aliphatic heterocycles. The summed E-state index contributed by atoms with van der Waals surface area (Å²) in [6.07, 6.45) is 2.79. The number of nitro benzene ring substituents is 2. The van der Waals surface area contributed by atoms with E-state index < -0.39 is 15.8 Å². The van der Waals surface area contributed by atoms with E-state index in [1.807, 2.05) is 6.92 Å². The van der Waals surface area contributed by atoms with Gasteiger partial charge in [0.2, 0.25) is 5.75 Å². The average molecular weight is 416 g/mol. The van der Waals surface area contributed by atoms with Crippen molar-refractivity contribution in [3.8, 4) is 11.5 Å². The molecule has 1 amide bonds. The summed E-state index contributed by atoms with van der Waals surface area (Å²) in [4.78, 5) is 33.1. The predicted molar refractivity (Wildman–Crippen MR) is 108 cm³/mol. The van der Waals surface area contributed by atoms with Crippen molar-refractivity contribution < 1.29 is 24.1 Å². The molecule has 0 atom stereocenters. The third-order valence-electron chi connectivity index (χ3n) is 3.92. The average Bonchev–Trinajstić information content (AvgIpc) is 2.74. The maximum atomic E-state index is 12.1. The number of benzene rings is 2. The van der Waals surface area contributed by atoms with E-state index in [1.54, 1.807) is 0 Å². The van der Waals surface area contributed by atoms with Gasteiger partial charge in [0.1, 0.15) is 0 Å². The van der Waals surface area contributed by atoms with E-state index >= 15 is 0 Å². The van der Waals surface area contributed by atoms with Gasteiger partial charge in [-0.1, -0.05) is 19.4 Å². The number of carbonyl (C=O) groups is 1. The van der Waals surface area contributed by atoms with E-state index in [0.29, 0.717) is 12.2 Å². The fourth-order valence-corrected chi connectivity index (χ4v) is 2.42. The Morgan fingerprint density at radius 1 is 1.20 bits per heavy atom. The van der Waals surface area contributed by atoms with Crippen LogP contribution in [0.5, 0.6) is 11.5 Å². The van der Waals surface area contributed by atoms with Crippen molar-refractivity contribution >= 4 is 23.5 Å². The third-order valence-corrected chi connectivity index (χ3v) is 3.92. The number of nitrogens with one attached hydrogen (secondary N) is 1. The zero-order valence-corrected chi connectivity index (χ0v) is 16.4. The van der Waals surface area contributed by atoms with Crippen LogP contribution < -0.4 is 14.9 Å². The van der Waals surface area contributed by atoms with E-state index in [2.05, 4.69) is 10.5 Å². The zero-order valence-electron chi connectivity index (χ0n) is 16.4. The Labute approximate surface area is 171 Å². The number of ether oxygens (including phenoxy) is 2. The van der Waals surface area contributed by atoms with Crippen LogP contribution in [0.3, 0.4) is 0 Å². The lowest BCUT2D eigenvalue weighted by molar-refractivity contribution is -0.386. The molecule has 2 rings (SSSR count). The summed E-state index contributed by atoms with van der Waals surface area (Å²) in [5.41, 5.74) is 2.04. The van der Waals surface area contributed by atoms with Crippen molar-refractivity contribution in [1.82, 2.24) is 5.43 Å². The first kappa shape index (κ1) is 22.3. The normalized spacial score (nSPS) is 10.6. The van der Waals surface area contributed by atoms with Gasteiger partial charge in [-0.2, -0.15) is 5.10 Å². The van der Waals surface area contributed by atoms with Crippen LogP contribution in [0, 0.1) is 20.2 Å². The first-order valence-electron chi connectivity index (χ1n) is 8.94. The number of hydrogen-bond donors (Lipinski definition) is 1. The van der Waals surface area contributed by atoms with Crippen molar-refractivity contribution in [2.45, 2.75) is 19.8 Å². The van der Waals surface area contributed by atoms with Crippen molar-refractivity contribution in [3.63, 3.8) is 0 Å². The highest BCUT2D eigenvalue weighted by Crippen LogP contribution is 2.38. The van der Waals surface area contributed by atoms with Gasteiger partial charge in [0, 0.05) is 29.3 Å². The summed E-state index contributed by atoms with van der Waals surface area (Å²) in [7, 11) is 1.36. The van der Waals surface area contributed by atoms with Gasteiger partial charge in [0.15, 0.2) is 5.75 Å². The Morgan fingerprint density at radius 3 is 2.60 bits per heavy atom. The van der Waals surface area contributed by atoms with Crippen LogP contribution in [0.1, 0.15) is 35.7 Å². The van der Waals surface area contributed by atoms with E-state index in [-0.39, 0.29) is 28.4 Å². The molecule has 0 aliphatic carbocycles. The maximum absolute atomic E-state index is 12.1. The zero-order chi connectivity index (χ0) is 22.1. The summed E-state index contributed by atoms with van der Waals surface area (Å²) in [6, 6.07) is 7.87. The lowest BCUT2D eigenvalue weighted by atomic mass is 10.2. The molecule has 30 heavy (non-hydrogen) atoms. The number of rotatable bonds is 10. The summed E-state index contributed by atoms with van der Waals surface area (Å²) in [5, 5.41) is 26.0. The van der Waals surface area contributed by atoms with Crippen molar-refractivity contribution in [2.24, 2.45) is 5.10 Å². The molecule has 11 nitrogen and oxygen atoms in total. The number of nitrogens with zero attached hydrogens (tertiary/aromatic N) is 3. The minimum Gasteiger partial charge on any atom is -0.493 e. The van der Waals surface area contributed by atoms with Gasteiger partial charge in [-0.3, -0.25) is 25.0 Å². The van der Waals surface area contributed by atoms with Gasteiger partial charge in [0.05, 0.1) is 29.8 Å². The van der Waals surface area contributed by atoms with Gasteiger partial charge >= 0.3 is 5.69 Å². The lowest BCUT2D eigenvalue weighted by Crippen LogP contribution is -2.17. The molecule has 11 heteroatoms. The van der Waals surface area contributed by atoms with Crippen molar-refractivity contribution in [1.29, 1.82) is 0 Å². The Morgan fingerprint density at radius 2 is 1.97 bits per heavy atom. The number of amides is 1. The number of hydrazone groups is 1. The molecule has 0 aromatic heterocycles. The highest BCUT2D eigenvalue weighted by Gasteiger charge is 2.22. The standard InChI is InChI=1S/C19H20N4O7/c1-3-4-8-30-18-16(23(27)28)9-13(10-17(18)29-2)12-20-21-19(24)14-6-5-7-15(11-14)22(25)26/h5-7,9-12H,3-4,8H2,1-2H3,(H,21,24)/b20-12+. The van der Waals surface area contributed by atoms with Crippen LogP contribution in [-0.2, 0) is 0 Å². The maximum Gasteiger partial charge on any atom is 0.315 e. The lowest BCUT2D eigenvalue weighted by Gasteiger charge is -2.11. The van der Waals surface area contributed by atoms with Gasteiger partial charge in [-0.15, -0.1) is 0 Å². The monoisotopic (exact) mass is 416 g/mol. The first-order valence-corrected chi connectivity index (χ1v) is 8.94. The molecule has 2 aromatic carbocycles. The predicted octanol–water partition coefficient (Wildman–Crippen LogP) is 3.45. The Bertz CT molecular complexity index is 975. The van der Waals surface area contributed by atoms with Gasteiger partial charge in [-0.05, 0) is 18.6 Å². The van der Waals surface area contributed by atoms with Crippen LogP contribution in [0.2, 0.25) is 0 Å². The smallest absolute Gasteiger partial charge is 0.315 e. The Kier molecular flexibility index (Phi) is 7.80. The fourth-order valence-electron chi connectivity index (χ4n) is 2.42. The van der Waals surface area contributed by atoms with E-state index in [9.17, 15) is 25.0 Å². The molecule has 0 bridgehead atoms. The largest absolute Gasteiger partial charge is 0.493 e. The van der Waals surface area contributed by atoms with Crippen LogP contribution in [0.25, 0.3) is 0 Å². The molecule has 0 unspecified atom stereocenters. The molecule has 0 heterocycles. The molecular weight excluding hydrogens is 396 g/mol. The third kappa shape index (κ3) is 5.74. The number of nitro groups is 2. The summed E-state index contributed by atoms with van der Waals surface area (Å²) in [6.45, 7) is 2.27. The Balaban J connectivity index is 2.21. The van der Waals surface area contributed by atoms with Crippen LogP contribution in [-0.4, -0.2) is 35.7 Å². The second-order valence-corrected chi connectivity index (χ2v) is 6.04. The Hall–Kier alpha value is -4.02. The molecule has 158 valence electrons. The van der Waals surface area contributed by atoms with E-state index in [0.717, 1.165) is 18.9 Å². The second-order valence-electron chi connectivity index (χ2n) is 6.04. The quantitative estimate of drug-likeness (QED) is 0.270. The van der Waals surface area contributed by atoms with Crippen LogP contribution >= 0.6 is 0 Å². The number of carbonyl (C=O) groups excluding carboxylic acids is 1. The SMILES string of the molecule is CCCCOc1c(OC)cc(/C=N/NC(=O)c2cccc([N+](=O)[O-])c2)cc1[N+](=O)[O-]. The van der Waals surface area contributed by atoms with Crippen LogP contribution in [0.15, 0.2) is 41.5 Å². The van der Waals surface area contributed by atoms with E-state index in [4.69, 9.17) is 9.47 Å². The number of unbranched alkanes of at least 4 members (excludes halogenated alkanes) is 1. The highest BCUT2D eigenvalue weighted by molar-refractivity contribution is 5.95. The molecule has 0 saturated heterocycles. The van der Waals surface area contributed by atoms with Gasteiger partial charge < -0.3 is 9.47 Å². The minimum absolute atomic E-state index is 0.0220. The van der Waals surface area contributed by atoms with E-state index in [1.165, 1.54) is 43.7 Å². The summed E-state index contributed by atoms with van der Waals surface area (Å²) in [5.74, 6) is -0.489. The molecular formula is C19H20N4O7. The topological polar surface area (TPSA) is 146 Å². The van der Waals surface area contributed by atoms with Crippen molar-refractivity contribution in [3.05, 3.63) is 67.8 Å². The molecule has 1 N–H and O–H groups in total. The fraction of sp³-hybridized carbons (Fsp3) is 0.263. The highest BCUT2D eigenvalue weighted by atomic mass is 16.6. The van der Waals surface area contributed by atoms with Crippen LogP contribution in [0.4, 0.5) is 11.4 Å². The molecule has 0 spiro atoms. The number of methoxy groups -OCH3 is 1.